The molecule has 0 bridgehead atoms. The van der Waals surface area contributed by atoms with Gasteiger partial charge >= 0.3 is 23.9 Å². The summed E-state index contributed by atoms with van der Waals surface area (Å²) in [7, 11) is 1.15. The average Bonchev–Trinajstić information content (AvgIpc) is 2.81. The monoisotopic (exact) mass is 506 g/mol. The zero-order valence-electron chi connectivity index (χ0n) is 20.1. The lowest BCUT2D eigenvalue weighted by Crippen LogP contribution is -2.63. The summed E-state index contributed by atoms with van der Waals surface area (Å²) in [5.74, 6) is -0.568. The van der Waals surface area contributed by atoms with Crippen molar-refractivity contribution in [2.75, 3.05) is 13.7 Å². The SMILES string of the molecule is C#CCOc1cc(O[C@@H]2O[C@H](CC(=O)OC)[C@@H](OC(C)=O)[C@H](OC(C)=O)[C@H]2OC(C)=O)ccc1C=O. The van der Waals surface area contributed by atoms with Crippen LogP contribution in [0.5, 0.6) is 11.5 Å². The van der Waals surface area contributed by atoms with Gasteiger partial charge in [0, 0.05) is 26.8 Å². The topological polar surface area (TPSA) is 150 Å². The maximum atomic E-state index is 12.0. The van der Waals surface area contributed by atoms with Crippen LogP contribution in [0.2, 0.25) is 0 Å². The third kappa shape index (κ3) is 7.71. The molecule has 1 aliphatic rings. The lowest BCUT2D eigenvalue weighted by Gasteiger charge is -2.44. The molecule has 0 N–H and O–H groups in total. The molecule has 1 aliphatic heterocycles. The van der Waals surface area contributed by atoms with Crippen molar-refractivity contribution in [1.82, 2.24) is 0 Å². The minimum atomic E-state index is -1.46. The smallest absolute Gasteiger partial charge is 0.308 e. The number of carbonyl (C=O) groups excluding carboxylic acids is 5. The van der Waals surface area contributed by atoms with Gasteiger partial charge in [-0.05, 0) is 12.1 Å². The second-order valence-corrected chi connectivity index (χ2v) is 7.47. The van der Waals surface area contributed by atoms with E-state index in [0.29, 0.717) is 6.29 Å². The van der Waals surface area contributed by atoms with E-state index in [2.05, 4.69) is 10.7 Å². The van der Waals surface area contributed by atoms with Gasteiger partial charge in [-0.3, -0.25) is 24.0 Å². The quantitative estimate of drug-likeness (QED) is 0.193. The standard InChI is InChI=1S/C24H26O12/c1-6-9-31-18-10-17(8-7-16(18)12-25)35-24-23(34-15(4)28)22(33-14(3)27)21(32-13(2)26)19(36-24)11-20(29)30-5/h1,7-8,10,12,19,21-24H,9,11H2,2-5H3/t19-,21-,22+,23-,24-/m1/s1. The Morgan fingerprint density at radius 1 is 1.00 bits per heavy atom. The van der Waals surface area contributed by atoms with E-state index in [9.17, 15) is 24.0 Å². The van der Waals surface area contributed by atoms with E-state index in [1.807, 2.05) is 0 Å². The van der Waals surface area contributed by atoms with Gasteiger partial charge < -0.3 is 33.2 Å². The maximum absolute atomic E-state index is 12.0. The van der Waals surface area contributed by atoms with Crippen molar-refractivity contribution in [3.05, 3.63) is 23.8 Å². The Bertz CT molecular complexity index is 1030. The van der Waals surface area contributed by atoms with E-state index < -0.39 is 61.0 Å². The third-order valence-electron chi connectivity index (χ3n) is 4.77. The zero-order valence-corrected chi connectivity index (χ0v) is 20.1. The van der Waals surface area contributed by atoms with Gasteiger partial charge in [0.25, 0.3) is 0 Å². The molecule has 36 heavy (non-hydrogen) atoms. The van der Waals surface area contributed by atoms with Gasteiger partial charge in [0.05, 0.1) is 19.1 Å². The molecule has 1 saturated heterocycles. The van der Waals surface area contributed by atoms with E-state index in [1.165, 1.54) is 18.2 Å². The molecule has 0 unspecified atom stereocenters. The van der Waals surface area contributed by atoms with Gasteiger partial charge in [-0.15, -0.1) is 6.42 Å². The summed E-state index contributed by atoms with van der Waals surface area (Å²) in [6.07, 6.45) is -1.50. The zero-order chi connectivity index (χ0) is 26.8. The van der Waals surface area contributed by atoms with Crippen molar-refractivity contribution in [2.45, 2.75) is 57.9 Å². The number of rotatable bonds is 10. The number of terminal acetylenes is 1. The fraction of sp³-hybridized carbons (Fsp3) is 0.458. The molecule has 12 heteroatoms. The predicted octanol–water partition coefficient (Wildman–Crippen LogP) is 0.973. The number of benzene rings is 1. The van der Waals surface area contributed by atoms with E-state index in [-0.39, 0.29) is 23.7 Å². The normalized spacial score (nSPS) is 22.8. The fourth-order valence-corrected chi connectivity index (χ4v) is 3.43. The van der Waals surface area contributed by atoms with Gasteiger partial charge in [0.15, 0.2) is 18.5 Å². The minimum Gasteiger partial charge on any atom is -0.480 e. The van der Waals surface area contributed by atoms with Crippen molar-refractivity contribution in [2.24, 2.45) is 0 Å². The number of hydrogen-bond acceptors (Lipinski definition) is 12. The van der Waals surface area contributed by atoms with Crippen molar-refractivity contribution in [1.29, 1.82) is 0 Å². The van der Waals surface area contributed by atoms with Gasteiger partial charge in [-0.2, -0.15) is 0 Å². The third-order valence-corrected chi connectivity index (χ3v) is 4.77. The molecule has 2 rings (SSSR count). The molecule has 0 saturated carbocycles. The molecule has 0 amide bonds. The highest BCUT2D eigenvalue weighted by Gasteiger charge is 2.53. The summed E-state index contributed by atoms with van der Waals surface area (Å²) < 4.78 is 37.8. The van der Waals surface area contributed by atoms with Gasteiger partial charge in [0.1, 0.15) is 24.2 Å². The van der Waals surface area contributed by atoms with E-state index in [1.54, 1.807) is 0 Å². The Labute approximate surface area is 207 Å². The molecule has 0 radical (unpaired) electrons. The largest absolute Gasteiger partial charge is 0.480 e. The second-order valence-electron chi connectivity index (χ2n) is 7.47. The first-order valence-corrected chi connectivity index (χ1v) is 10.7. The van der Waals surface area contributed by atoms with E-state index in [4.69, 9.17) is 34.8 Å². The highest BCUT2D eigenvalue weighted by atomic mass is 16.7. The molecular weight excluding hydrogens is 480 g/mol. The Morgan fingerprint density at radius 3 is 2.17 bits per heavy atom. The van der Waals surface area contributed by atoms with Crippen molar-refractivity contribution < 1.29 is 57.1 Å². The van der Waals surface area contributed by atoms with Crippen LogP contribution in [-0.4, -0.2) is 74.6 Å². The molecule has 194 valence electrons. The van der Waals surface area contributed by atoms with Crippen molar-refractivity contribution >= 4 is 30.2 Å². The summed E-state index contributed by atoms with van der Waals surface area (Å²) in [6.45, 7) is 3.19. The average molecular weight is 506 g/mol. The van der Waals surface area contributed by atoms with E-state index >= 15 is 0 Å². The van der Waals surface area contributed by atoms with Crippen LogP contribution in [0.15, 0.2) is 18.2 Å². The van der Waals surface area contributed by atoms with Crippen LogP contribution in [0.1, 0.15) is 37.6 Å². The number of aldehydes is 1. The summed E-state index contributed by atoms with van der Waals surface area (Å²) >= 11 is 0. The lowest BCUT2D eigenvalue weighted by atomic mass is 9.95. The molecule has 1 heterocycles. The molecule has 5 atom stereocenters. The van der Waals surface area contributed by atoms with Crippen LogP contribution in [0.4, 0.5) is 0 Å². The van der Waals surface area contributed by atoms with Crippen molar-refractivity contribution in [3.8, 4) is 23.8 Å². The first-order valence-electron chi connectivity index (χ1n) is 10.7. The van der Waals surface area contributed by atoms with E-state index in [0.717, 1.165) is 27.9 Å². The summed E-state index contributed by atoms with van der Waals surface area (Å²) in [5, 5.41) is 0. The highest BCUT2D eigenvalue weighted by Crippen LogP contribution is 2.33. The number of hydrogen-bond donors (Lipinski definition) is 0. The van der Waals surface area contributed by atoms with Crippen LogP contribution in [-0.2, 0) is 42.9 Å². The highest BCUT2D eigenvalue weighted by molar-refractivity contribution is 5.79. The maximum Gasteiger partial charge on any atom is 0.308 e. The van der Waals surface area contributed by atoms with Gasteiger partial charge in [-0.1, -0.05) is 5.92 Å². The molecular formula is C24H26O12. The fourth-order valence-electron chi connectivity index (χ4n) is 3.43. The molecule has 1 fully saturated rings. The van der Waals surface area contributed by atoms with Crippen LogP contribution < -0.4 is 9.47 Å². The van der Waals surface area contributed by atoms with Crippen LogP contribution in [0, 0.1) is 12.3 Å². The minimum absolute atomic E-state index is 0.0964. The second kappa shape index (κ2) is 13.1. The van der Waals surface area contributed by atoms with Crippen molar-refractivity contribution in [3.63, 3.8) is 0 Å². The number of ether oxygens (including phenoxy) is 7. The molecule has 1 aromatic carbocycles. The Balaban J connectivity index is 2.51. The Hall–Kier alpha value is -4.11. The number of methoxy groups -OCH3 is 1. The lowest BCUT2D eigenvalue weighted by molar-refractivity contribution is -0.284. The molecule has 0 aromatic heterocycles. The van der Waals surface area contributed by atoms with Crippen LogP contribution in [0.3, 0.4) is 0 Å². The number of esters is 4. The Kier molecular flexibility index (Phi) is 10.2. The summed E-state index contributed by atoms with van der Waals surface area (Å²) in [6, 6.07) is 4.16. The van der Waals surface area contributed by atoms with Crippen LogP contribution >= 0.6 is 0 Å². The Morgan fingerprint density at radius 2 is 1.61 bits per heavy atom. The first-order chi connectivity index (χ1) is 17.1. The number of carbonyl (C=O) groups is 5. The van der Waals surface area contributed by atoms with Crippen LogP contribution in [0.25, 0.3) is 0 Å². The predicted molar refractivity (Wildman–Crippen MR) is 119 cm³/mol. The molecule has 12 nitrogen and oxygen atoms in total. The van der Waals surface area contributed by atoms with Gasteiger partial charge in [0.2, 0.25) is 12.4 Å². The summed E-state index contributed by atoms with van der Waals surface area (Å²) in [5.41, 5.74) is 0.190. The molecule has 0 spiro atoms. The molecule has 0 aliphatic carbocycles. The molecule has 1 aromatic rings. The van der Waals surface area contributed by atoms with Gasteiger partial charge in [-0.25, -0.2) is 0 Å². The summed E-state index contributed by atoms with van der Waals surface area (Å²) in [4.78, 5) is 59.0. The first kappa shape index (κ1) is 28.1.